The Kier molecular flexibility index (Phi) is 4.25. The summed E-state index contributed by atoms with van der Waals surface area (Å²) in [6, 6.07) is -1.34. The quantitative estimate of drug-likeness (QED) is 0.850. The molecule has 1 saturated carbocycles. The van der Waals surface area contributed by atoms with Gasteiger partial charge in [-0.25, -0.2) is 4.79 Å². The summed E-state index contributed by atoms with van der Waals surface area (Å²) in [7, 11) is 0. The summed E-state index contributed by atoms with van der Waals surface area (Å²) < 4.78 is 37.6. The first-order valence-corrected chi connectivity index (χ1v) is 6.91. The van der Waals surface area contributed by atoms with Crippen molar-refractivity contribution < 1.29 is 27.9 Å². The lowest BCUT2D eigenvalue weighted by Crippen LogP contribution is -2.47. The molecule has 2 fully saturated rings. The highest BCUT2D eigenvalue weighted by Gasteiger charge is 2.51. The van der Waals surface area contributed by atoms with E-state index in [1.54, 1.807) is 0 Å². The van der Waals surface area contributed by atoms with Crippen molar-refractivity contribution in [3.8, 4) is 0 Å². The predicted octanol–water partition coefficient (Wildman–Crippen LogP) is 2.43. The smallest absolute Gasteiger partial charge is 0.471 e. The summed E-state index contributed by atoms with van der Waals surface area (Å²) in [6.07, 6.45) is 0.169. The van der Waals surface area contributed by atoms with Crippen molar-refractivity contribution in [3.63, 3.8) is 0 Å². The van der Waals surface area contributed by atoms with E-state index in [0.717, 1.165) is 32.1 Å². The van der Waals surface area contributed by atoms with Crippen molar-refractivity contribution in [2.45, 2.75) is 50.7 Å². The SMILES string of the molecule is O=C(O)C1CC(C2CCCCC2)CN1C(=O)C(F)(F)F. The zero-order valence-electron chi connectivity index (χ0n) is 11.0. The maximum Gasteiger partial charge on any atom is 0.471 e. The van der Waals surface area contributed by atoms with Crippen LogP contribution >= 0.6 is 0 Å². The summed E-state index contributed by atoms with van der Waals surface area (Å²) in [5.41, 5.74) is 0. The second-order valence-corrected chi connectivity index (χ2v) is 5.70. The molecule has 7 heteroatoms. The molecule has 1 aliphatic carbocycles. The van der Waals surface area contributed by atoms with E-state index < -0.39 is 24.1 Å². The highest BCUT2D eigenvalue weighted by molar-refractivity contribution is 5.87. The van der Waals surface area contributed by atoms with Crippen LogP contribution in [0.15, 0.2) is 0 Å². The summed E-state index contributed by atoms with van der Waals surface area (Å²) in [5.74, 6) is -3.25. The Labute approximate surface area is 114 Å². The Hall–Kier alpha value is -1.27. The molecule has 1 N–H and O–H groups in total. The van der Waals surface area contributed by atoms with Gasteiger partial charge in [-0.05, 0) is 18.3 Å². The van der Waals surface area contributed by atoms with E-state index >= 15 is 0 Å². The van der Waals surface area contributed by atoms with E-state index in [4.69, 9.17) is 5.11 Å². The number of halogens is 3. The maximum atomic E-state index is 12.5. The van der Waals surface area contributed by atoms with Gasteiger partial charge < -0.3 is 10.0 Å². The van der Waals surface area contributed by atoms with Gasteiger partial charge in [0.05, 0.1) is 0 Å². The fourth-order valence-electron chi connectivity index (χ4n) is 3.44. The van der Waals surface area contributed by atoms with Crippen LogP contribution in [-0.4, -0.2) is 40.6 Å². The van der Waals surface area contributed by atoms with Crippen LogP contribution in [0.2, 0.25) is 0 Å². The van der Waals surface area contributed by atoms with E-state index in [2.05, 4.69) is 0 Å². The summed E-state index contributed by atoms with van der Waals surface area (Å²) in [4.78, 5) is 23.0. The summed E-state index contributed by atoms with van der Waals surface area (Å²) in [5, 5.41) is 9.05. The number of nitrogens with zero attached hydrogens (tertiary/aromatic N) is 1. The highest BCUT2D eigenvalue weighted by atomic mass is 19.4. The van der Waals surface area contributed by atoms with Crippen LogP contribution in [-0.2, 0) is 9.59 Å². The van der Waals surface area contributed by atoms with Crippen LogP contribution in [0.3, 0.4) is 0 Å². The summed E-state index contributed by atoms with van der Waals surface area (Å²) in [6.45, 7) is -0.0834. The average Bonchev–Trinajstić information content (AvgIpc) is 2.82. The number of carbonyl (C=O) groups excluding carboxylic acids is 1. The first kappa shape index (κ1) is 15.1. The van der Waals surface area contributed by atoms with Crippen LogP contribution in [0.5, 0.6) is 0 Å². The molecule has 2 aliphatic rings. The normalized spacial score (nSPS) is 28.6. The first-order valence-electron chi connectivity index (χ1n) is 6.91. The van der Waals surface area contributed by atoms with Crippen molar-refractivity contribution in [1.82, 2.24) is 4.90 Å². The van der Waals surface area contributed by atoms with Gasteiger partial charge in [0.2, 0.25) is 0 Å². The number of carboxylic acids is 1. The minimum Gasteiger partial charge on any atom is -0.480 e. The average molecular weight is 293 g/mol. The van der Waals surface area contributed by atoms with Crippen LogP contribution in [0.25, 0.3) is 0 Å². The number of alkyl halides is 3. The van der Waals surface area contributed by atoms with E-state index in [9.17, 15) is 22.8 Å². The van der Waals surface area contributed by atoms with Crippen LogP contribution in [0, 0.1) is 11.8 Å². The number of carbonyl (C=O) groups is 2. The topological polar surface area (TPSA) is 57.6 Å². The molecular weight excluding hydrogens is 275 g/mol. The van der Waals surface area contributed by atoms with Gasteiger partial charge in [-0.3, -0.25) is 4.79 Å². The van der Waals surface area contributed by atoms with Crippen LogP contribution in [0.1, 0.15) is 38.5 Å². The lowest BCUT2D eigenvalue weighted by molar-refractivity contribution is -0.188. The zero-order valence-corrected chi connectivity index (χ0v) is 11.0. The third-order valence-corrected chi connectivity index (χ3v) is 4.44. The van der Waals surface area contributed by atoms with Crippen molar-refractivity contribution in [2.75, 3.05) is 6.54 Å². The number of likely N-dealkylation sites (tertiary alicyclic amines) is 1. The Morgan fingerprint density at radius 1 is 1.05 bits per heavy atom. The Balaban J connectivity index is 2.10. The standard InChI is InChI=1S/C13H18F3NO3/c14-13(15,16)12(20)17-7-9(6-10(17)11(18)19)8-4-2-1-3-5-8/h8-10H,1-7H2,(H,18,19). The molecule has 114 valence electrons. The van der Waals surface area contributed by atoms with Gasteiger partial charge in [0.1, 0.15) is 6.04 Å². The molecule has 0 radical (unpaired) electrons. The first-order chi connectivity index (χ1) is 9.30. The van der Waals surface area contributed by atoms with Crippen molar-refractivity contribution in [1.29, 1.82) is 0 Å². The molecule has 4 nitrogen and oxygen atoms in total. The predicted molar refractivity (Wildman–Crippen MR) is 63.9 cm³/mol. The fraction of sp³-hybridized carbons (Fsp3) is 0.846. The number of hydrogen-bond donors (Lipinski definition) is 1. The van der Waals surface area contributed by atoms with E-state index in [-0.39, 0.29) is 24.8 Å². The third kappa shape index (κ3) is 3.07. The molecular formula is C13H18F3NO3. The molecule has 0 aromatic carbocycles. The molecule has 0 aromatic rings. The molecule has 1 amide bonds. The largest absolute Gasteiger partial charge is 0.480 e. The monoisotopic (exact) mass is 293 g/mol. The van der Waals surface area contributed by atoms with Crippen molar-refractivity contribution >= 4 is 11.9 Å². The van der Waals surface area contributed by atoms with Gasteiger partial charge in [-0.15, -0.1) is 0 Å². The van der Waals surface area contributed by atoms with Gasteiger partial charge in [0, 0.05) is 6.54 Å². The third-order valence-electron chi connectivity index (χ3n) is 4.44. The number of aliphatic carboxylic acids is 1. The van der Waals surface area contributed by atoms with Crippen molar-refractivity contribution in [3.05, 3.63) is 0 Å². The van der Waals surface area contributed by atoms with Gasteiger partial charge >= 0.3 is 18.1 Å². The van der Waals surface area contributed by atoms with Gasteiger partial charge in [0.15, 0.2) is 0 Å². The van der Waals surface area contributed by atoms with E-state index in [1.807, 2.05) is 0 Å². The van der Waals surface area contributed by atoms with Gasteiger partial charge in [-0.2, -0.15) is 13.2 Å². The Morgan fingerprint density at radius 2 is 1.65 bits per heavy atom. The molecule has 20 heavy (non-hydrogen) atoms. The zero-order chi connectivity index (χ0) is 14.9. The lowest BCUT2D eigenvalue weighted by atomic mass is 9.79. The molecule has 2 unspecified atom stereocenters. The van der Waals surface area contributed by atoms with Gasteiger partial charge in [-0.1, -0.05) is 32.1 Å². The molecule has 1 heterocycles. The minimum absolute atomic E-state index is 0.0834. The number of hydrogen-bond acceptors (Lipinski definition) is 2. The van der Waals surface area contributed by atoms with E-state index in [1.165, 1.54) is 0 Å². The molecule has 2 rings (SSSR count). The minimum atomic E-state index is -5.00. The molecule has 1 saturated heterocycles. The second kappa shape index (κ2) is 5.61. The molecule has 0 bridgehead atoms. The number of amides is 1. The highest BCUT2D eigenvalue weighted by Crippen LogP contribution is 2.38. The molecule has 1 aliphatic heterocycles. The molecule has 0 spiro atoms. The Bertz CT molecular complexity index is 391. The van der Waals surface area contributed by atoms with Gasteiger partial charge in [0.25, 0.3) is 0 Å². The number of rotatable bonds is 2. The second-order valence-electron chi connectivity index (χ2n) is 5.70. The Morgan fingerprint density at radius 3 is 2.15 bits per heavy atom. The maximum absolute atomic E-state index is 12.5. The summed E-state index contributed by atoms with van der Waals surface area (Å²) >= 11 is 0. The van der Waals surface area contributed by atoms with E-state index in [0.29, 0.717) is 4.90 Å². The number of carboxylic acid groups (broad SMARTS) is 1. The molecule has 2 atom stereocenters. The van der Waals surface area contributed by atoms with Crippen LogP contribution in [0.4, 0.5) is 13.2 Å². The van der Waals surface area contributed by atoms with Crippen LogP contribution < -0.4 is 0 Å². The fourth-order valence-corrected chi connectivity index (χ4v) is 3.44. The molecule has 0 aromatic heterocycles. The van der Waals surface area contributed by atoms with Crippen molar-refractivity contribution in [2.24, 2.45) is 11.8 Å². The lowest BCUT2D eigenvalue weighted by Gasteiger charge is -2.27.